The molecule has 1 unspecified atom stereocenters. The Morgan fingerprint density at radius 2 is 2.08 bits per heavy atom. The van der Waals surface area contributed by atoms with Crippen LogP contribution in [0.5, 0.6) is 0 Å². The maximum Gasteiger partial charge on any atom is 0.191 e. The van der Waals surface area contributed by atoms with E-state index in [1.807, 2.05) is 7.05 Å². The Morgan fingerprint density at radius 3 is 2.72 bits per heavy atom. The van der Waals surface area contributed by atoms with Crippen molar-refractivity contribution in [2.45, 2.75) is 58.0 Å². The first-order valence-electron chi connectivity index (χ1n) is 9.63. The summed E-state index contributed by atoms with van der Waals surface area (Å²) in [6, 6.07) is 0.559. The van der Waals surface area contributed by atoms with Gasteiger partial charge in [0.2, 0.25) is 0 Å². The molecule has 2 N–H and O–H groups in total. The Kier molecular flexibility index (Phi) is 8.18. The highest BCUT2D eigenvalue weighted by Crippen LogP contribution is 2.27. The van der Waals surface area contributed by atoms with Crippen molar-refractivity contribution in [3.8, 4) is 0 Å². The Bertz CT molecular complexity index is 517. The second-order valence-electron chi connectivity index (χ2n) is 7.10. The fourth-order valence-corrected chi connectivity index (χ4v) is 3.75. The summed E-state index contributed by atoms with van der Waals surface area (Å²) in [6.45, 7) is 4.68. The second kappa shape index (κ2) is 10.4. The number of aromatic nitrogens is 3. The van der Waals surface area contributed by atoms with Gasteiger partial charge in [0.15, 0.2) is 5.96 Å². The minimum atomic E-state index is 0.559. The van der Waals surface area contributed by atoms with Crippen LogP contribution in [-0.4, -0.2) is 65.9 Å². The lowest BCUT2D eigenvalue weighted by molar-refractivity contribution is 0.171. The van der Waals surface area contributed by atoms with Gasteiger partial charge < -0.3 is 20.1 Å². The van der Waals surface area contributed by atoms with Crippen molar-refractivity contribution in [3.05, 3.63) is 12.2 Å². The summed E-state index contributed by atoms with van der Waals surface area (Å²) in [7, 11) is 6.21. The number of nitrogens with one attached hydrogen (secondary N) is 2. The molecule has 0 amide bonds. The molecule has 1 saturated carbocycles. The van der Waals surface area contributed by atoms with Crippen molar-refractivity contribution >= 4 is 5.96 Å². The van der Waals surface area contributed by atoms with Gasteiger partial charge in [0.05, 0.1) is 0 Å². The summed E-state index contributed by atoms with van der Waals surface area (Å²) in [5, 5.41) is 15.0. The third-order valence-electron chi connectivity index (χ3n) is 5.22. The van der Waals surface area contributed by atoms with Crippen LogP contribution in [0.2, 0.25) is 0 Å². The van der Waals surface area contributed by atoms with Crippen molar-refractivity contribution in [3.63, 3.8) is 0 Å². The van der Waals surface area contributed by atoms with Crippen LogP contribution in [0.1, 0.15) is 44.9 Å². The molecule has 1 atom stereocenters. The minimum Gasteiger partial charge on any atom is -0.355 e. The van der Waals surface area contributed by atoms with Gasteiger partial charge in [0.25, 0.3) is 0 Å². The van der Waals surface area contributed by atoms with Gasteiger partial charge in [-0.2, -0.15) is 0 Å². The number of rotatable bonds is 8. The molecule has 1 heterocycles. The van der Waals surface area contributed by atoms with E-state index in [0.29, 0.717) is 6.04 Å². The number of aliphatic imine (C=N–C) groups is 1. The maximum absolute atomic E-state index is 4.36. The quantitative estimate of drug-likeness (QED) is 0.550. The van der Waals surface area contributed by atoms with Crippen molar-refractivity contribution in [2.75, 3.05) is 34.2 Å². The zero-order valence-corrected chi connectivity index (χ0v) is 16.3. The lowest BCUT2D eigenvalue weighted by Crippen LogP contribution is -2.48. The van der Waals surface area contributed by atoms with Crippen LogP contribution in [0, 0.1) is 5.92 Å². The molecule has 0 aromatic carbocycles. The van der Waals surface area contributed by atoms with Gasteiger partial charge in [-0.05, 0) is 32.9 Å². The van der Waals surface area contributed by atoms with E-state index in [9.17, 15) is 0 Å². The molecule has 0 radical (unpaired) electrons. The smallest absolute Gasteiger partial charge is 0.191 e. The molecule has 25 heavy (non-hydrogen) atoms. The molecular weight excluding hydrogens is 314 g/mol. The molecule has 1 aliphatic carbocycles. The normalized spacial score (nSPS) is 17.7. The first kappa shape index (κ1) is 19.7. The third kappa shape index (κ3) is 5.99. The van der Waals surface area contributed by atoms with Gasteiger partial charge in [-0.1, -0.05) is 26.2 Å². The molecule has 1 fully saturated rings. The van der Waals surface area contributed by atoms with Crippen LogP contribution in [0.4, 0.5) is 0 Å². The molecule has 7 heteroatoms. The summed E-state index contributed by atoms with van der Waals surface area (Å²) in [4.78, 5) is 6.72. The number of guanidine groups is 1. The summed E-state index contributed by atoms with van der Waals surface area (Å²) < 4.78 is 2.09. The Hall–Kier alpha value is -1.63. The highest BCUT2D eigenvalue weighted by molar-refractivity contribution is 5.79. The summed E-state index contributed by atoms with van der Waals surface area (Å²) in [5.41, 5.74) is 0. The molecule has 142 valence electrons. The Labute approximate surface area is 152 Å². The largest absolute Gasteiger partial charge is 0.355 e. The van der Waals surface area contributed by atoms with E-state index in [1.165, 1.54) is 32.1 Å². The lowest BCUT2D eigenvalue weighted by atomic mass is 9.83. The monoisotopic (exact) mass is 349 g/mol. The van der Waals surface area contributed by atoms with Gasteiger partial charge in [0, 0.05) is 39.1 Å². The molecule has 0 aliphatic heterocycles. The van der Waals surface area contributed by atoms with Gasteiger partial charge in [-0.3, -0.25) is 4.99 Å². The van der Waals surface area contributed by atoms with Crippen LogP contribution in [0.3, 0.4) is 0 Å². The number of aryl methyl sites for hydroxylation is 1. The molecule has 7 nitrogen and oxygen atoms in total. The highest BCUT2D eigenvalue weighted by Gasteiger charge is 2.25. The van der Waals surface area contributed by atoms with E-state index in [2.05, 4.69) is 56.3 Å². The molecule has 1 aromatic rings. The molecule has 1 aromatic heterocycles. The molecular formula is C18H35N7. The Morgan fingerprint density at radius 1 is 1.32 bits per heavy atom. The van der Waals surface area contributed by atoms with E-state index in [0.717, 1.165) is 43.8 Å². The molecule has 1 aliphatic rings. The lowest BCUT2D eigenvalue weighted by Gasteiger charge is -2.35. The van der Waals surface area contributed by atoms with Gasteiger partial charge in [0.1, 0.15) is 12.2 Å². The number of nitrogens with zero attached hydrogens (tertiary/aromatic N) is 5. The minimum absolute atomic E-state index is 0.559. The topological polar surface area (TPSA) is 70.4 Å². The molecule has 0 spiro atoms. The van der Waals surface area contributed by atoms with Crippen molar-refractivity contribution in [1.82, 2.24) is 30.3 Å². The summed E-state index contributed by atoms with van der Waals surface area (Å²) >= 11 is 0. The average Bonchev–Trinajstić information content (AvgIpc) is 3.08. The standard InChI is InChI=1S/C18H35N7/c1-5-17-23-22-14-25(17)12-11-20-18(19-2)21-13-16(24(3)4)15-9-7-6-8-10-15/h14-16H,5-13H2,1-4H3,(H2,19,20,21). The molecule has 0 saturated heterocycles. The number of hydrogen-bond acceptors (Lipinski definition) is 4. The van der Waals surface area contributed by atoms with E-state index in [-0.39, 0.29) is 0 Å². The van der Waals surface area contributed by atoms with E-state index in [4.69, 9.17) is 0 Å². The predicted octanol–water partition coefficient (Wildman–Crippen LogP) is 1.52. The van der Waals surface area contributed by atoms with Crippen molar-refractivity contribution in [1.29, 1.82) is 0 Å². The first-order chi connectivity index (χ1) is 12.2. The highest BCUT2D eigenvalue weighted by atomic mass is 15.3. The number of hydrogen-bond donors (Lipinski definition) is 2. The molecule has 2 rings (SSSR count). The number of likely N-dealkylation sites (N-methyl/N-ethyl adjacent to an activating group) is 1. The Balaban J connectivity index is 1.78. The van der Waals surface area contributed by atoms with Crippen molar-refractivity contribution in [2.24, 2.45) is 10.9 Å². The predicted molar refractivity (Wildman–Crippen MR) is 103 cm³/mol. The molecule has 0 bridgehead atoms. The van der Waals surface area contributed by atoms with E-state index >= 15 is 0 Å². The van der Waals surface area contributed by atoms with Crippen LogP contribution < -0.4 is 10.6 Å². The summed E-state index contributed by atoms with van der Waals surface area (Å²) in [6.07, 6.45) is 9.55. The van der Waals surface area contributed by atoms with Crippen LogP contribution in [0.25, 0.3) is 0 Å². The third-order valence-corrected chi connectivity index (χ3v) is 5.22. The zero-order chi connectivity index (χ0) is 18.1. The van der Waals surface area contributed by atoms with Gasteiger partial charge in [-0.25, -0.2) is 0 Å². The SMILES string of the molecule is CCc1nncn1CCNC(=NC)NCC(C1CCCCC1)N(C)C. The van der Waals surface area contributed by atoms with Crippen LogP contribution in [0.15, 0.2) is 11.3 Å². The first-order valence-corrected chi connectivity index (χ1v) is 9.63. The zero-order valence-electron chi connectivity index (χ0n) is 16.3. The van der Waals surface area contributed by atoms with Crippen molar-refractivity contribution < 1.29 is 0 Å². The van der Waals surface area contributed by atoms with Gasteiger partial charge in [-0.15, -0.1) is 10.2 Å². The second-order valence-corrected chi connectivity index (χ2v) is 7.10. The average molecular weight is 350 g/mol. The fourth-order valence-electron chi connectivity index (χ4n) is 3.75. The maximum atomic E-state index is 4.36. The van der Waals surface area contributed by atoms with Crippen LogP contribution >= 0.6 is 0 Å². The van der Waals surface area contributed by atoms with E-state index < -0.39 is 0 Å². The van der Waals surface area contributed by atoms with Gasteiger partial charge >= 0.3 is 0 Å². The van der Waals surface area contributed by atoms with Crippen LogP contribution in [-0.2, 0) is 13.0 Å². The fraction of sp³-hybridized carbons (Fsp3) is 0.833. The summed E-state index contributed by atoms with van der Waals surface area (Å²) in [5.74, 6) is 2.68. The van der Waals surface area contributed by atoms with E-state index in [1.54, 1.807) is 6.33 Å².